The summed E-state index contributed by atoms with van der Waals surface area (Å²) in [5.74, 6) is -0.206. The zero-order chi connectivity index (χ0) is 12.8. The largest absolute Gasteiger partial charge is 0.383 e. The van der Waals surface area contributed by atoms with Crippen molar-refractivity contribution >= 4 is 21.8 Å². The van der Waals surface area contributed by atoms with Gasteiger partial charge in [-0.05, 0) is 24.6 Å². The van der Waals surface area contributed by atoms with Crippen molar-refractivity contribution in [3.63, 3.8) is 0 Å². The van der Waals surface area contributed by atoms with E-state index in [1.54, 1.807) is 0 Å². The Morgan fingerprint density at radius 2 is 2.06 bits per heavy atom. The number of amides is 1. The molecule has 0 aliphatic heterocycles. The topological polar surface area (TPSA) is 64.3 Å². The second-order valence-corrected chi connectivity index (χ2v) is 4.76. The van der Waals surface area contributed by atoms with Gasteiger partial charge < -0.3 is 15.8 Å². The molecule has 0 bridgehead atoms. The maximum absolute atomic E-state index is 11.7. The number of benzene rings is 1. The molecule has 0 spiro atoms. The number of hydrogen-bond donors (Lipinski definition) is 2. The van der Waals surface area contributed by atoms with E-state index in [0.29, 0.717) is 0 Å². The Morgan fingerprint density at radius 1 is 1.47 bits per heavy atom. The second kappa shape index (κ2) is 6.74. The van der Waals surface area contributed by atoms with Crippen molar-refractivity contribution in [2.45, 2.75) is 19.0 Å². The van der Waals surface area contributed by atoms with Gasteiger partial charge in [0.15, 0.2) is 0 Å². The summed E-state index contributed by atoms with van der Waals surface area (Å²) in [5, 5.41) is 2.84. The van der Waals surface area contributed by atoms with Gasteiger partial charge in [0.2, 0.25) is 5.91 Å². The molecule has 17 heavy (non-hydrogen) atoms. The highest BCUT2D eigenvalue weighted by Crippen LogP contribution is 2.16. The molecule has 0 saturated carbocycles. The first-order chi connectivity index (χ1) is 8.04. The van der Waals surface area contributed by atoms with Crippen molar-refractivity contribution in [1.29, 1.82) is 0 Å². The predicted octanol–water partition coefficient (Wildman–Crippen LogP) is 1.60. The van der Waals surface area contributed by atoms with Gasteiger partial charge in [-0.25, -0.2) is 0 Å². The molecular weight excluding hydrogens is 284 g/mol. The second-order valence-electron chi connectivity index (χ2n) is 3.84. The van der Waals surface area contributed by atoms with Crippen LogP contribution in [-0.2, 0) is 9.53 Å². The number of nitrogens with one attached hydrogen (secondary N) is 1. The fourth-order valence-corrected chi connectivity index (χ4v) is 1.67. The Bertz CT molecular complexity index is 367. The zero-order valence-corrected chi connectivity index (χ0v) is 11.5. The number of rotatable bonds is 5. The average Bonchev–Trinajstić information content (AvgIpc) is 2.30. The Morgan fingerprint density at radius 3 is 2.59 bits per heavy atom. The van der Waals surface area contributed by atoms with E-state index < -0.39 is 6.04 Å². The molecule has 1 aromatic carbocycles. The van der Waals surface area contributed by atoms with E-state index in [4.69, 9.17) is 10.5 Å². The average molecular weight is 301 g/mol. The Hall–Kier alpha value is -0.910. The molecule has 1 aromatic rings. The standard InChI is InChI=1S/C12H17BrN2O2/c1-8(9-3-5-10(13)6-4-9)15-12(16)11(14)7-17-2/h3-6,8,11H,7,14H2,1-2H3,(H,15,16)/t8-,11?/m0/s1. The minimum absolute atomic E-state index is 0.0708. The number of hydrogen-bond acceptors (Lipinski definition) is 3. The van der Waals surface area contributed by atoms with Gasteiger partial charge in [0.25, 0.3) is 0 Å². The van der Waals surface area contributed by atoms with Crippen LogP contribution < -0.4 is 11.1 Å². The Kier molecular flexibility index (Phi) is 5.61. The van der Waals surface area contributed by atoms with Crippen molar-refractivity contribution in [2.75, 3.05) is 13.7 Å². The maximum atomic E-state index is 11.7. The summed E-state index contributed by atoms with van der Waals surface area (Å²) in [5.41, 5.74) is 6.67. The van der Waals surface area contributed by atoms with Crippen LogP contribution in [0.3, 0.4) is 0 Å². The summed E-state index contributed by atoms with van der Waals surface area (Å²) in [6.45, 7) is 2.14. The fraction of sp³-hybridized carbons (Fsp3) is 0.417. The van der Waals surface area contributed by atoms with Gasteiger partial charge in [-0.2, -0.15) is 0 Å². The number of ether oxygens (including phenoxy) is 1. The first-order valence-corrected chi connectivity index (χ1v) is 6.14. The lowest BCUT2D eigenvalue weighted by Crippen LogP contribution is -2.44. The minimum atomic E-state index is -0.627. The maximum Gasteiger partial charge on any atom is 0.239 e. The first-order valence-electron chi connectivity index (χ1n) is 5.35. The molecule has 3 N–H and O–H groups in total. The molecule has 5 heteroatoms. The molecular formula is C12H17BrN2O2. The van der Waals surface area contributed by atoms with E-state index in [9.17, 15) is 4.79 Å². The lowest BCUT2D eigenvalue weighted by Gasteiger charge is -2.17. The molecule has 0 aliphatic carbocycles. The van der Waals surface area contributed by atoms with Crippen molar-refractivity contribution in [3.8, 4) is 0 Å². The highest BCUT2D eigenvalue weighted by atomic mass is 79.9. The lowest BCUT2D eigenvalue weighted by molar-refractivity contribution is -0.124. The highest BCUT2D eigenvalue weighted by Gasteiger charge is 2.16. The van der Waals surface area contributed by atoms with Crippen LogP contribution in [0, 0.1) is 0 Å². The van der Waals surface area contributed by atoms with Gasteiger partial charge in [-0.15, -0.1) is 0 Å². The van der Waals surface area contributed by atoms with Crippen LogP contribution in [0.25, 0.3) is 0 Å². The first kappa shape index (κ1) is 14.2. The molecule has 0 heterocycles. The molecule has 0 radical (unpaired) electrons. The number of methoxy groups -OCH3 is 1. The molecule has 94 valence electrons. The third-order valence-electron chi connectivity index (χ3n) is 2.41. The smallest absolute Gasteiger partial charge is 0.239 e. The number of halogens is 1. The van der Waals surface area contributed by atoms with E-state index in [1.807, 2.05) is 31.2 Å². The number of carbonyl (C=O) groups excluding carboxylic acids is 1. The van der Waals surface area contributed by atoms with Crippen molar-refractivity contribution in [2.24, 2.45) is 5.73 Å². The Balaban J connectivity index is 2.57. The van der Waals surface area contributed by atoms with Crippen molar-refractivity contribution in [1.82, 2.24) is 5.32 Å². The molecule has 0 aliphatic rings. The minimum Gasteiger partial charge on any atom is -0.383 e. The van der Waals surface area contributed by atoms with E-state index in [1.165, 1.54) is 7.11 Å². The van der Waals surface area contributed by atoms with Crippen LogP contribution in [0.2, 0.25) is 0 Å². The lowest BCUT2D eigenvalue weighted by atomic mass is 10.1. The van der Waals surface area contributed by atoms with Gasteiger partial charge in [0.1, 0.15) is 6.04 Å². The summed E-state index contributed by atoms with van der Waals surface area (Å²) in [7, 11) is 1.52. The SMILES string of the molecule is COCC(N)C(=O)N[C@@H](C)c1ccc(Br)cc1. The van der Waals surface area contributed by atoms with Crippen molar-refractivity contribution < 1.29 is 9.53 Å². The molecule has 1 amide bonds. The summed E-state index contributed by atoms with van der Waals surface area (Å²) in [4.78, 5) is 11.7. The van der Waals surface area contributed by atoms with E-state index in [-0.39, 0.29) is 18.6 Å². The Labute approximate surface area is 110 Å². The molecule has 0 aromatic heterocycles. The monoisotopic (exact) mass is 300 g/mol. The zero-order valence-electron chi connectivity index (χ0n) is 9.94. The van der Waals surface area contributed by atoms with Gasteiger partial charge in [-0.1, -0.05) is 28.1 Å². The van der Waals surface area contributed by atoms with Gasteiger partial charge in [0.05, 0.1) is 12.6 Å². The fourth-order valence-electron chi connectivity index (χ4n) is 1.41. The normalized spacial score (nSPS) is 14.1. The van der Waals surface area contributed by atoms with Crippen LogP contribution in [0.15, 0.2) is 28.7 Å². The van der Waals surface area contributed by atoms with Gasteiger partial charge >= 0.3 is 0 Å². The van der Waals surface area contributed by atoms with E-state index in [0.717, 1.165) is 10.0 Å². The molecule has 0 saturated heterocycles. The summed E-state index contributed by atoms with van der Waals surface area (Å²) in [6, 6.07) is 7.09. The van der Waals surface area contributed by atoms with Crippen LogP contribution in [-0.4, -0.2) is 25.7 Å². The van der Waals surface area contributed by atoms with Crippen LogP contribution >= 0.6 is 15.9 Å². The molecule has 1 unspecified atom stereocenters. The quantitative estimate of drug-likeness (QED) is 0.868. The van der Waals surface area contributed by atoms with Crippen molar-refractivity contribution in [3.05, 3.63) is 34.3 Å². The number of nitrogens with two attached hydrogens (primary N) is 1. The molecule has 2 atom stereocenters. The third-order valence-corrected chi connectivity index (χ3v) is 2.94. The van der Waals surface area contributed by atoms with E-state index >= 15 is 0 Å². The van der Waals surface area contributed by atoms with Crippen LogP contribution in [0.4, 0.5) is 0 Å². The van der Waals surface area contributed by atoms with Crippen LogP contribution in [0.1, 0.15) is 18.5 Å². The third kappa shape index (κ3) is 4.46. The highest BCUT2D eigenvalue weighted by molar-refractivity contribution is 9.10. The summed E-state index contributed by atoms with van der Waals surface area (Å²) < 4.78 is 5.85. The molecule has 1 rings (SSSR count). The number of carbonyl (C=O) groups is 1. The van der Waals surface area contributed by atoms with E-state index in [2.05, 4.69) is 21.2 Å². The summed E-state index contributed by atoms with van der Waals surface area (Å²) in [6.07, 6.45) is 0. The van der Waals surface area contributed by atoms with Gasteiger partial charge in [-0.3, -0.25) is 4.79 Å². The summed E-state index contributed by atoms with van der Waals surface area (Å²) >= 11 is 3.37. The van der Waals surface area contributed by atoms with Gasteiger partial charge in [0, 0.05) is 11.6 Å². The molecule has 0 fully saturated rings. The molecule has 4 nitrogen and oxygen atoms in total. The van der Waals surface area contributed by atoms with Crippen LogP contribution in [0.5, 0.6) is 0 Å². The predicted molar refractivity (Wildman–Crippen MR) is 70.6 cm³/mol.